The number of fused-ring (bicyclic) bond motifs is 5. The second kappa shape index (κ2) is 13.2. The summed E-state index contributed by atoms with van der Waals surface area (Å²) in [5.41, 5.74) is 2.14. The topological polar surface area (TPSA) is 115 Å². The zero-order chi connectivity index (χ0) is 32.4. The van der Waals surface area contributed by atoms with Crippen molar-refractivity contribution in [3.05, 3.63) is 64.8 Å². The van der Waals surface area contributed by atoms with Crippen LogP contribution < -0.4 is 5.32 Å². The number of nitrogens with zero attached hydrogens (tertiary/aromatic N) is 2. The van der Waals surface area contributed by atoms with E-state index >= 15 is 0 Å². The van der Waals surface area contributed by atoms with Gasteiger partial charge in [-0.05, 0) is 103 Å². The van der Waals surface area contributed by atoms with Crippen LogP contribution in [0.25, 0.3) is 10.9 Å². The largest absolute Gasteiger partial charge is 0.504 e. The molecule has 5 rings (SSSR count). The summed E-state index contributed by atoms with van der Waals surface area (Å²) in [5.74, 6) is -0.256. The molecule has 2 aromatic carbocycles. The molecule has 0 saturated carbocycles. The summed E-state index contributed by atoms with van der Waals surface area (Å²) in [7, 11) is 0. The van der Waals surface area contributed by atoms with Crippen LogP contribution >= 0.6 is 0 Å². The van der Waals surface area contributed by atoms with E-state index in [4.69, 9.17) is 9.72 Å². The average Bonchev–Trinajstić information content (AvgIpc) is 2.95. The number of aromatic hydroxyl groups is 2. The van der Waals surface area contributed by atoms with Gasteiger partial charge in [-0.3, -0.25) is 9.88 Å². The monoisotopic (exact) mass is 617 g/mol. The molecule has 3 unspecified atom stereocenters. The van der Waals surface area contributed by atoms with Gasteiger partial charge in [0.25, 0.3) is 0 Å². The van der Waals surface area contributed by atoms with Crippen molar-refractivity contribution in [1.82, 2.24) is 15.2 Å². The van der Waals surface area contributed by atoms with Gasteiger partial charge in [0, 0.05) is 41.1 Å². The fourth-order valence-corrected chi connectivity index (χ4v) is 7.66. The first-order chi connectivity index (χ1) is 21.3. The maximum atomic E-state index is 12.5. The van der Waals surface area contributed by atoms with Crippen LogP contribution in [0.1, 0.15) is 95.0 Å². The van der Waals surface area contributed by atoms with Crippen LogP contribution in [0.3, 0.4) is 0 Å². The number of para-hydroxylation sites is 1. The zero-order valence-electron chi connectivity index (χ0n) is 27.7. The smallest absolute Gasteiger partial charge is 0.407 e. The second-order valence-electron chi connectivity index (χ2n) is 14.4. The van der Waals surface area contributed by atoms with E-state index in [1.165, 1.54) is 0 Å². The molecule has 1 fully saturated rings. The summed E-state index contributed by atoms with van der Waals surface area (Å²) in [4.78, 5) is 19.3. The molecular formula is C37H51N3O5. The number of phenolic OH excluding ortho intramolecular Hbond substituents is 2. The first kappa shape index (κ1) is 33.0. The molecule has 1 aliphatic heterocycles. The van der Waals surface area contributed by atoms with Crippen molar-refractivity contribution in [3.8, 4) is 11.5 Å². The first-order valence-electron chi connectivity index (χ1n) is 16.7. The number of phenols is 2. The molecule has 45 heavy (non-hydrogen) atoms. The molecule has 2 bridgehead atoms. The molecule has 1 aromatic heterocycles. The van der Waals surface area contributed by atoms with Crippen LogP contribution in [0.4, 0.5) is 4.79 Å². The van der Waals surface area contributed by atoms with Crippen LogP contribution in [0.2, 0.25) is 0 Å². The number of likely N-dealkylation sites (tertiary alicyclic amines) is 1. The van der Waals surface area contributed by atoms with Crippen molar-refractivity contribution in [2.45, 2.75) is 115 Å². The summed E-state index contributed by atoms with van der Waals surface area (Å²) < 4.78 is 5.29. The highest BCUT2D eigenvalue weighted by atomic mass is 16.6. The van der Waals surface area contributed by atoms with Crippen molar-refractivity contribution in [1.29, 1.82) is 0 Å². The van der Waals surface area contributed by atoms with Gasteiger partial charge in [-0.1, -0.05) is 49.9 Å². The number of carbonyl (C=O) groups is 1. The van der Waals surface area contributed by atoms with E-state index in [1.807, 2.05) is 52.0 Å². The number of ether oxygens (including phenoxy) is 1. The number of aryl methyl sites for hydroxylation is 1. The lowest BCUT2D eigenvalue weighted by Gasteiger charge is -2.60. The molecule has 0 radical (unpaired) electrons. The zero-order valence-corrected chi connectivity index (χ0v) is 27.7. The van der Waals surface area contributed by atoms with Gasteiger partial charge in [-0.2, -0.15) is 0 Å². The van der Waals surface area contributed by atoms with E-state index < -0.39 is 16.6 Å². The quantitative estimate of drug-likeness (QED) is 0.140. The highest BCUT2D eigenvalue weighted by Crippen LogP contribution is 2.57. The summed E-state index contributed by atoms with van der Waals surface area (Å²) in [5, 5.41) is 38.3. The summed E-state index contributed by atoms with van der Waals surface area (Å²) in [6, 6.07) is 13.6. The molecule has 3 aromatic rings. The number of hydrogen-bond acceptors (Lipinski definition) is 7. The second-order valence-corrected chi connectivity index (χ2v) is 14.4. The van der Waals surface area contributed by atoms with E-state index in [0.29, 0.717) is 31.4 Å². The molecule has 1 saturated heterocycles. The summed E-state index contributed by atoms with van der Waals surface area (Å²) >= 11 is 0. The van der Waals surface area contributed by atoms with Gasteiger partial charge >= 0.3 is 6.09 Å². The Kier molecular flexibility index (Phi) is 9.66. The number of unbranched alkanes of at least 4 members (excludes halogenated alkanes) is 5. The summed E-state index contributed by atoms with van der Waals surface area (Å²) in [6.07, 6.45) is 7.81. The number of hydrogen-bond donors (Lipinski definition) is 4. The fourth-order valence-electron chi connectivity index (χ4n) is 7.66. The van der Waals surface area contributed by atoms with Crippen molar-refractivity contribution in [3.63, 3.8) is 0 Å². The van der Waals surface area contributed by atoms with Gasteiger partial charge in [-0.15, -0.1) is 0 Å². The molecule has 244 valence electrons. The lowest BCUT2D eigenvalue weighted by atomic mass is 9.53. The predicted octanol–water partition coefficient (Wildman–Crippen LogP) is 6.68. The van der Waals surface area contributed by atoms with Crippen LogP contribution in [-0.2, 0) is 23.0 Å². The fraction of sp³-hybridized carbons (Fsp3) is 0.568. The Balaban J connectivity index is 1.24. The number of benzene rings is 2. The average molecular weight is 618 g/mol. The number of pyridine rings is 1. The Morgan fingerprint density at radius 2 is 1.78 bits per heavy atom. The normalized spacial score (nSPS) is 23.1. The number of piperidine rings is 1. The Hall–Kier alpha value is -3.36. The van der Waals surface area contributed by atoms with Gasteiger partial charge in [-0.25, -0.2) is 4.79 Å². The molecule has 1 aliphatic carbocycles. The number of aliphatic hydroxyl groups is 1. The molecule has 2 heterocycles. The molecule has 8 nitrogen and oxygen atoms in total. The highest BCUT2D eigenvalue weighted by Gasteiger charge is 2.61. The van der Waals surface area contributed by atoms with Crippen molar-refractivity contribution in [2.75, 3.05) is 19.6 Å². The molecule has 4 N–H and O–H groups in total. The molecular weight excluding hydrogens is 566 g/mol. The van der Waals surface area contributed by atoms with Crippen LogP contribution in [-0.4, -0.2) is 68.2 Å². The maximum Gasteiger partial charge on any atom is 0.407 e. The molecule has 2 aliphatic rings. The lowest BCUT2D eigenvalue weighted by Crippen LogP contribution is -2.71. The van der Waals surface area contributed by atoms with Gasteiger partial charge in [0.1, 0.15) is 5.60 Å². The van der Waals surface area contributed by atoms with E-state index in [2.05, 4.69) is 29.3 Å². The molecule has 0 spiro atoms. The number of alkyl carbamates (subject to hydrolysis) is 1. The minimum atomic E-state index is -1.15. The Labute approximate surface area is 267 Å². The van der Waals surface area contributed by atoms with Crippen molar-refractivity contribution < 1.29 is 24.9 Å². The number of carbonyl (C=O) groups excluding carboxylic acids is 1. The van der Waals surface area contributed by atoms with Gasteiger partial charge < -0.3 is 25.4 Å². The molecule has 1 amide bonds. The third-order valence-electron chi connectivity index (χ3n) is 10.0. The highest BCUT2D eigenvalue weighted by molar-refractivity contribution is 5.79. The van der Waals surface area contributed by atoms with Gasteiger partial charge in [0.05, 0.1) is 11.1 Å². The Morgan fingerprint density at radius 1 is 1.07 bits per heavy atom. The SMILES string of the molecule is Cc1cc2ccccc2nc1CC12CCN(CCCCCCCCNC(=O)OC(C)(C)C)C(Cc3ccc(O)c(O)c31)C2(C)O. The third kappa shape index (κ3) is 6.92. The number of nitrogens with one attached hydrogen (secondary N) is 1. The molecule has 8 heteroatoms. The number of rotatable bonds is 11. The van der Waals surface area contributed by atoms with Crippen LogP contribution in [0.5, 0.6) is 11.5 Å². The molecule has 3 atom stereocenters. The van der Waals surface area contributed by atoms with E-state index in [9.17, 15) is 20.1 Å². The number of aromatic nitrogens is 1. The Bertz CT molecular complexity index is 1510. The standard InChI is InChI=1S/C37H51N3O5/c1-25-22-26-14-10-11-15-28(26)39-29(25)24-37-18-21-40(20-13-9-7-6-8-12-19-38-34(43)45-35(2,3)4)31(36(37,5)44)23-27-16-17-30(41)33(42)32(27)37/h10-11,14-17,22,31,41-42,44H,6-9,12-13,18-21,23-24H2,1-5H3,(H,38,43). The lowest BCUT2D eigenvalue weighted by molar-refractivity contribution is -0.135. The van der Waals surface area contributed by atoms with E-state index in [1.54, 1.807) is 6.07 Å². The van der Waals surface area contributed by atoms with Crippen LogP contribution in [0.15, 0.2) is 42.5 Å². The van der Waals surface area contributed by atoms with E-state index in [0.717, 1.165) is 79.3 Å². The van der Waals surface area contributed by atoms with Crippen molar-refractivity contribution in [2.24, 2.45) is 0 Å². The third-order valence-corrected chi connectivity index (χ3v) is 10.0. The van der Waals surface area contributed by atoms with Crippen molar-refractivity contribution >= 4 is 17.0 Å². The maximum absolute atomic E-state index is 12.5. The Morgan fingerprint density at radius 3 is 2.53 bits per heavy atom. The van der Waals surface area contributed by atoms with E-state index in [-0.39, 0.29) is 23.6 Å². The van der Waals surface area contributed by atoms with Gasteiger partial charge in [0.2, 0.25) is 0 Å². The first-order valence-corrected chi connectivity index (χ1v) is 16.7. The minimum Gasteiger partial charge on any atom is -0.504 e. The van der Waals surface area contributed by atoms with Gasteiger partial charge in [0.15, 0.2) is 11.5 Å². The number of amides is 1. The summed E-state index contributed by atoms with van der Waals surface area (Å²) in [6.45, 7) is 11.9. The minimum absolute atomic E-state index is 0.109. The predicted molar refractivity (Wildman–Crippen MR) is 178 cm³/mol. The van der Waals surface area contributed by atoms with Crippen LogP contribution in [0, 0.1) is 6.92 Å².